The van der Waals surface area contributed by atoms with E-state index in [0.29, 0.717) is 5.56 Å². The standard InChI is InChI=1S/C17H18FN3/c1-2-3-4-5-6-13-7-8-14(9-16(13)18)15-11-20-17(10-19)21-12-15/h7-9,11-12H,2-6H2,1H3. The van der Waals surface area contributed by atoms with Crippen molar-refractivity contribution in [1.82, 2.24) is 9.97 Å². The summed E-state index contributed by atoms with van der Waals surface area (Å²) in [6.45, 7) is 2.16. The Kier molecular flexibility index (Phi) is 5.39. The van der Waals surface area contributed by atoms with Gasteiger partial charge in [-0.3, -0.25) is 0 Å². The Bertz CT molecular complexity index is 629. The second kappa shape index (κ2) is 7.49. The van der Waals surface area contributed by atoms with Gasteiger partial charge in [0.2, 0.25) is 5.82 Å². The molecule has 0 bridgehead atoms. The number of aryl methyl sites for hydroxylation is 1. The van der Waals surface area contributed by atoms with E-state index >= 15 is 0 Å². The minimum absolute atomic E-state index is 0.117. The Labute approximate surface area is 124 Å². The van der Waals surface area contributed by atoms with E-state index < -0.39 is 0 Å². The fraction of sp³-hybridized carbons (Fsp3) is 0.353. The second-order valence-corrected chi connectivity index (χ2v) is 5.02. The molecule has 0 saturated heterocycles. The van der Waals surface area contributed by atoms with Crippen LogP contribution in [0.2, 0.25) is 0 Å². The van der Waals surface area contributed by atoms with Gasteiger partial charge in [0, 0.05) is 18.0 Å². The molecule has 0 amide bonds. The molecule has 108 valence electrons. The third kappa shape index (κ3) is 4.09. The van der Waals surface area contributed by atoms with Crippen LogP contribution < -0.4 is 0 Å². The lowest BCUT2D eigenvalue weighted by Gasteiger charge is -2.06. The third-order valence-electron chi connectivity index (χ3n) is 3.44. The minimum Gasteiger partial charge on any atom is -0.227 e. The molecular weight excluding hydrogens is 265 g/mol. The van der Waals surface area contributed by atoms with Crippen LogP contribution in [-0.4, -0.2) is 9.97 Å². The Hall–Kier alpha value is -2.28. The zero-order valence-corrected chi connectivity index (χ0v) is 12.1. The molecule has 0 N–H and O–H groups in total. The van der Waals surface area contributed by atoms with Gasteiger partial charge in [0.05, 0.1) is 0 Å². The van der Waals surface area contributed by atoms with Gasteiger partial charge in [-0.15, -0.1) is 0 Å². The van der Waals surface area contributed by atoms with Crippen molar-refractivity contribution in [2.45, 2.75) is 39.0 Å². The van der Waals surface area contributed by atoms with Gasteiger partial charge in [0.25, 0.3) is 0 Å². The fourth-order valence-corrected chi connectivity index (χ4v) is 2.21. The Morgan fingerprint density at radius 3 is 2.48 bits per heavy atom. The molecule has 0 saturated carbocycles. The molecule has 0 fully saturated rings. The molecule has 0 aliphatic rings. The normalized spacial score (nSPS) is 10.3. The van der Waals surface area contributed by atoms with Gasteiger partial charge < -0.3 is 0 Å². The number of nitriles is 1. The monoisotopic (exact) mass is 283 g/mol. The summed E-state index contributed by atoms with van der Waals surface area (Å²) in [5, 5.41) is 8.67. The Balaban J connectivity index is 2.09. The van der Waals surface area contributed by atoms with Crippen LogP contribution in [-0.2, 0) is 6.42 Å². The molecule has 1 aromatic carbocycles. The van der Waals surface area contributed by atoms with Crippen LogP contribution in [0.4, 0.5) is 4.39 Å². The van der Waals surface area contributed by atoms with E-state index in [4.69, 9.17) is 5.26 Å². The van der Waals surface area contributed by atoms with E-state index in [-0.39, 0.29) is 11.6 Å². The lowest BCUT2D eigenvalue weighted by atomic mass is 10.0. The average Bonchev–Trinajstić information content (AvgIpc) is 2.53. The molecular formula is C17H18FN3. The number of benzene rings is 1. The zero-order valence-electron chi connectivity index (χ0n) is 12.1. The maximum Gasteiger partial charge on any atom is 0.232 e. The molecule has 3 nitrogen and oxygen atoms in total. The van der Waals surface area contributed by atoms with Crippen molar-refractivity contribution in [3.8, 4) is 17.2 Å². The highest BCUT2D eigenvalue weighted by molar-refractivity contribution is 5.62. The quantitative estimate of drug-likeness (QED) is 0.743. The molecule has 1 heterocycles. The molecule has 1 aromatic heterocycles. The first-order chi connectivity index (χ1) is 10.2. The zero-order chi connectivity index (χ0) is 15.1. The van der Waals surface area contributed by atoms with E-state index in [1.807, 2.05) is 18.2 Å². The number of aromatic nitrogens is 2. The van der Waals surface area contributed by atoms with Crippen molar-refractivity contribution in [1.29, 1.82) is 5.26 Å². The Morgan fingerprint density at radius 2 is 1.86 bits per heavy atom. The van der Waals surface area contributed by atoms with Crippen LogP contribution in [0.25, 0.3) is 11.1 Å². The van der Waals surface area contributed by atoms with Crippen LogP contribution in [0.15, 0.2) is 30.6 Å². The van der Waals surface area contributed by atoms with Crippen LogP contribution in [0.5, 0.6) is 0 Å². The van der Waals surface area contributed by atoms with Gasteiger partial charge >= 0.3 is 0 Å². The first kappa shape index (κ1) is 15.1. The average molecular weight is 283 g/mol. The summed E-state index contributed by atoms with van der Waals surface area (Å²) >= 11 is 0. The summed E-state index contributed by atoms with van der Waals surface area (Å²) in [6.07, 6.45) is 8.39. The predicted octanol–water partition coefficient (Wildman–Crippen LogP) is 4.28. The number of nitrogens with zero attached hydrogens (tertiary/aromatic N) is 3. The molecule has 0 radical (unpaired) electrons. The van der Waals surface area contributed by atoms with Gasteiger partial charge in [-0.05, 0) is 30.0 Å². The van der Waals surface area contributed by atoms with Gasteiger partial charge in [-0.25, -0.2) is 14.4 Å². The van der Waals surface area contributed by atoms with Crippen molar-refractivity contribution in [2.75, 3.05) is 0 Å². The molecule has 4 heteroatoms. The van der Waals surface area contributed by atoms with Crippen molar-refractivity contribution in [3.63, 3.8) is 0 Å². The highest BCUT2D eigenvalue weighted by Crippen LogP contribution is 2.22. The smallest absolute Gasteiger partial charge is 0.227 e. The summed E-state index contributed by atoms with van der Waals surface area (Å²) < 4.78 is 14.1. The molecule has 0 spiro atoms. The second-order valence-electron chi connectivity index (χ2n) is 5.02. The molecule has 0 aliphatic heterocycles. The van der Waals surface area contributed by atoms with Crippen molar-refractivity contribution in [3.05, 3.63) is 47.8 Å². The summed E-state index contributed by atoms with van der Waals surface area (Å²) in [7, 11) is 0. The number of halogens is 1. The number of hydrogen-bond acceptors (Lipinski definition) is 3. The predicted molar refractivity (Wildman–Crippen MR) is 80.0 cm³/mol. The van der Waals surface area contributed by atoms with Gasteiger partial charge in [0.1, 0.15) is 11.9 Å². The number of hydrogen-bond donors (Lipinski definition) is 0. The first-order valence-corrected chi connectivity index (χ1v) is 7.25. The molecule has 2 rings (SSSR count). The summed E-state index contributed by atoms with van der Waals surface area (Å²) in [5.74, 6) is -0.0693. The summed E-state index contributed by atoms with van der Waals surface area (Å²) in [5.41, 5.74) is 2.20. The van der Waals surface area contributed by atoms with Gasteiger partial charge in [-0.2, -0.15) is 5.26 Å². The van der Waals surface area contributed by atoms with E-state index in [1.54, 1.807) is 12.4 Å². The maximum atomic E-state index is 14.1. The molecule has 21 heavy (non-hydrogen) atoms. The minimum atomic E-state index is -0.187. The highest BCUT2D eigenvalue weighted by Gasteiger charge is 2.06. The third-order valence-corrected chi connectivity index (χ3v) is 3.44. The molecule has 0 unspecified atom stereocenters. The van der Waals surface area contributed by atoms with Crippen LogP contribution in [0.1, 0.15) is 44.0 Å². The molecule has 2 aromatic rings. The van der Waals surface area contributed by atoms with Crippen LogP contribution >= 0.6 is 0 Å². The first-order valence-electron chi connectivity index (χ1n) is 7.25. The van der Waals surface area contributed by atoms with Gasteiger partial charge in [0.15, 0.2) is 0 Å². The van der Waals surface area contributed by atoms with Crippen LogP contribution in [0.3, 0.4) is 0 Å². The molecule has 0 aliphatic carbocycles. The maximum absolute atomic E-state index is 14.1. The van der Waals surface area contributed by atoms with E-state index in [0.717, 1.165) is 30.4 Å². The number of unbranched alkanes of at least 4 members (excludes halogenated alkanes) is 3. The van der Waals surface area contributed by atoms with E-state index in [1.165, 1.54) is 18.9 Å². The largest absolute Gasteiger partial charge is 0.232 e. The van der Waals surface area contributed by atoms with Crippen LogP contribution in [0, 0.1) is 17.1 Å². The van der Waals surface area contributed by atoms with Crippen molar-refractivity contribution < 1.29 is 4.39 Å². The molecule has 0 atom stereocenters. The topological polar surface area (TPSA) is 49.6 Å². The van der Waals surface area contributed by atoms with Gasteiger partial charge in [-0.1, -0.05) is 38.3 Å². The lowest BCUT2D eigenvalue weighted by Crippen LogP contribution is -1.93. The lowest BCUT2D eigenvalue weighted by molar-refractivity contribution is 0.594. The summed E-state index contributed by atoms with van der Waals surface area (Å²) in [6, 6.07) is 7.08. The number of rotatable bonds is 6. The van der Waals surface area contributed by atoms with Crippen molar-refractivity contribution >= 4 is 0 Å². The SMILES string of the molecule is CCCCCCc1ccc(-c2cnc(C#N)nc2)cc1F. The van der Waals surface area contributed by atoms with Crippen molar-refractivity contribution in [2.24, 2.45) is 0 Å². The highest BCUT2D eigenvalue weighted by atomic mass is 19.1. The van der Waals surface area contributed by atoms with E-state index in [2.05, 4.69) is 16.9 Å². The van der Waals surface area contributed by atoms with E-state index in [9.17, 15) is 4.39 Å². The fourth-order valence-electron chi connectivity index (χ4n) is 2.21. The Morgan fingerprint density at radius 1 is 1.10 bits per heavy atom. The summed E-state index contributed by atoms with van der Waals surface area (Å²) in [4.78, 5) is 7.80.